The number of hydrogen-bond acceptors (Lipinski definition) is 6. The smallest absolute Gasteiger partial charge is 0.316 e. The van der Waals surface area contributed by atoms with Crippen molar-refractivity contribution in [3.8, 4) is 11.8 Å². The molecule has 7 heteroatoms. The van der Waals surface area contributed by atoms with Crippen LogP contribution in [0.5, 0.6) is 5.75 Å². The highest BCUT2D eigenvalue weighted by molar-refractivity contribution is 8.00. The third kappa shape index (κ3) is 6.68. The SMILES string of the molecule is COc1ccc(SCC(=O)OCC(=O)N(CCC#N)c2ccccc2)cc1. The van der Waals surface area contributed by atoms with Crippen molar-refractivity contribution in [3.63, 3.8) is 0 Å². The third-order valence-corrected chi connectivity index (χ3v) is 4.57. The van der Waals surface area contributed by atoms with Gasteiger partial charge >= 0.3 is 5.97 Å². The van der Waals surface area contributed by atoms with Crippen LogP contribution in [0.2, 0.25) is 0 Å². The van der Waals surface area contributed by atoms with E-state index in [9.17, 15) is 9.59 Å². The largest absolute Gasteiger partial charge is 0.497 e. The minimum atomic E-state index is -0.475. The predicted molar refractivity (Wildman–Crippen MR) is 104 cm³/mol. The first-order valence-electron chi connectivity index (χ1n) is 8.29. The molecule has 2 rings (SSSR count). The average molecular weight is 384 g/mol. The minimum absolute atomic E-state index is 0.100. The van der Waals surface area contributed by atoms with Crippen LogP contribution in [-0.4, -0.2) is 37.9 Å². The van der Waals surface area contributed by atoms with E-state index in [2.05, 4.69) is 0 Å². The van der Waals surface area contributed by atoms with Gasteiger partial charge in [0.25, 0.3) is 5.91 Å². The van der Waals surface area contributed by atoms with Crippen molar-refractivity contribution in [1.29, 1.82) is 5.26 Å². The Morgan fingerprint density at radius 3 is 2.44 bits per heavy atom. The van der Waals surface area contributed by atoms with E-state index in [1.807, 2.05) is 36.4 Å². The van der Waals surface area contributed by atoms with Crippen molar-refractivity contribution >= 4 is 29.3 Å². The van der Waals surface area contributed by atoms with Crippen LogP contribution in [0.4, 0.5) is 5.69 Å². The Morgan fingerprint density at radius 1 is 1.11 bits per heavy atom. The predicted octanol–water partition coefficient (Wildman–Crippen LogP) is 3.28. The second-order valence-corrected chi connectivity index (χ2v) is 6.46. The zero-order chi connectivity index (χ0) is 19.5. The number of nitriles is 1. The lowest BCUT2D eigenvalue weighted by atomic mass is 10.2. The molecule has 0 N–H and O–H groups in total. The molecule has 2 aromatic carbocycles. The average Bonchev–Trinajstić information content (AvgIpc) is 2.72. The Kier molecular flexibility index (Phi) is 8.20. The van der Waals surface area contributed by atoms with Gasteiger partial charge in [-0.15, -0.1) is 11.8 Å². The van der Waals surface area contributed by atoms with E-state index < -0.39 is 5.97 Å². The van der Waals surface area contributed by atoms with Crippen LogP contribution in [0.3, 0.4) is 0 Å². The summed E-state index contributed by atoms with van der Waals surface area (Å²) in [6.45, 7) is -0.111. The molecule has 0 aliphatic heterocycles. The van der Waals surface area contributed by atoms with Crippen LogP contribution in [0.25, 0.3) is 0 Å². The van der Waals surface area contributed by atoms with Crippen LogP contribution >= 0.6 is 11.8 Å². The first kappa shape index (κ1) is 20.3. The number of methoxy groups -OCH3 is 1. The van der Waals surface area contributed by atoms with Crippen LogP contribution in [-0.2, 0) is 14.3 Å². The fourth-order valence-electron chi connectivity index (χ4n) is 2.24. The molecule has 0 aromatic heterocycles. The molecular formula is C20H20N2O4S. The molecule has 0 atom stereocenters. The summed E-state index contributed by atoms with van der Waals surface area (Å²) < 4.78 is 10.2. The normalized spacial score (nSPS) is 9.93. The molecule has 0 heterocycles. The highest BCUT2D eigenvalue weighted by Gasteiger charge is 2.17. The molecular weight excluding hydrogens is 364 g/mol. The van der Waals surface area contributed by atoms with Gasteiger partial charge in [-0.2, -0.15) is 5.26 Å². The Bertz CT molecular complexity index is 788. The molecule has 6 nitrogen and oxygen atoms in total. The van der Waals surface area contributed by atoms with Gasteiger partial charge < -0.3 is 14.4 Å². The number of benzene rings is 2. The number of amides is 1. The van der Waals surface area contributed by atoms with Crippen molar-refractivity contribution in [2.24, 2.45) is 0 Å². The van der Waals surface area contributed by atoms with Gasteiger partial charge in [0.1, 0.15) is 5.75 Å². The molecule has 27 heavy (non-hydrogen) atoms. The van der Waals surface area contributed by atoms with E-state index in [0.717, 1.165) is 10.6 Å². The van der Waals surface area contributed by atoms with Gasteiger partial charge in [0.15, 0.2) is 6.61 Å². The number of para-hydroxylation sites is 1. The topological polar surface area (TPSA) is 79.6 Å². The van der Waals surface area contributed by atoms with E-state index in [1.54, 1.807) is 31.4 Å². The molecule has 2 aromatic rings. The van der Waals surface area contributed by atoms with E-state index in [4.69, 9.17) is 14.7 Å². The molecule has 0 unspecified atom stereocenters. The van der Waals surface area contributed by atoms with Crippen molar-refractivity contribution in [2.45, 2.75) is 11.3 Å². The molecule has 0 radical (unpaired) electrons. The van der Waals surface area contributed by atoms with Gasteiger partial charge in [0, 0.05) is 17.1 Å². The number of esters is 1. The van der Waals surface area contributed by atoms with E-state index >= 15 is 0 Å². The summed E-state index contributed by atoms with van der Waals surface area (Å²) in [6.07, 6.45) is 0.196. The molecule has 0 saturated heterocycles. The zero-order valence-electron chi connectivity index (χ0n) is 15.0. The Morgan fingerprint density at radius 2 is 1.81 bits per heavy atom. The number of hydrogen-bond donors (Lipinski definition) is 0. The highest BCUT2D eigenvalue weighted by Crippen LogP contribution is 2.21. The number of carbonyl (C=O) groups is 2. The van der Waals surface area contributed by atoms with Gasteiger partial charge in [0.2, 0.25) is 0 Å². The molecule has 0 aliphatic carbocycles. The maximum Gasteiger partial charge on any atom is 0.316 e. The third-order valence-electron chi connectivity index (χ3n) is 3.59. The van der Waals surface area contributed by atoms with Crippen LogP contribution in [0.1, 0.15) is 6.42 Å². The maximum absolute atomic E-state index is 12.4. The summed E-state index contributed by atoms with van der Waals surface area (Å²) in [7, 11) is 1.59. The number of nitrogens with zero attached hydrogens (tertiary/aromatic N) is 2. The first-order valence-corrected chi connectivity index (χ1v) is 9.27. The molecule has 0 bridgehead atoms. The van der Waals surface area contributed by atoms with Gasteiger partial charge in [-0.1, -0.05) is 18.2 Å². The van der Waals surface area contributed by atoms with Gasteiger partial charge in [-0.05, 0) is 36.4 Å². The highest BCUT2D eigenvalue weighted by atomic mass is 32.2. The van der Waals surface area contributed by atoms with Gasteiger partial charge in [-0.3, -0.25) is 9.59 Å². The van der Waals surface area contributed by atoms with Gasteiger partial charge in [0.05, 0.1) is 25.4 Å². The van der Waals surface area contributed by atoms with Crippen LogP contribution < -0.4 is 9.64 Å². The second kappa shape index (κ2) is 10.9. The molecule has 0 saturated carbocycles. The van der Waals surface area contributed by atoms with Gasteiger partial charge in [-0.25, -0.2) is 0 Å². The van der Waals surface area contributed by atoms with Crippen molar-refractivity contribution in [1.82, 2.24) is 0 Å². The molecule has 0 spiro atoms. The first-order chi connectivity index (χ1) is 13.1. The monoisotopic (exact) mass is 384 g/mol. The summed E-state index contributed by atoms with van der Waals surface area (Å²) in [5.41, 5.74) is 0.668. The van der Waals surface area contributed by atoms with Crippen LogP contribution in [0.15, 0.2) is 59.5 Å². The maximum atomic E-state index is 12.4. The van der Waals surface area contributed by atoms with Crippen LogP contribution in [0, 0.1) is 11.3 Å². The summed E-state index contributed by atoms with van der Waals surface area (Å²) in [5, 5.41) is 8.79. The summed E-state index contributed by atoms with van der Waals surface area (Å²) >= 11 is 1.32. The summed E-state index contributed by atoms with van der Waals surface area (Å²) in [4.78, 5) is 26.7. The van der Waals surface area contributed by atoms with Crippen molar-refractivity contribution in [3.05, 3.63) is 54.6 Å². The Balaban J connectivity index is 1.84. The quantitative estimate of drug-likeness (QED) is 0.488. The lowest BCUT2D eigenvalue weighted by Crippen LogP contribution is -2.35. The Hall–Kier alpha value is -2.98. The van der Waals surface area contributed by atoms with E-state index in [-0.39, 0.29) is 31.2 Å². The number of thioether (sulfide) groups is 1. The zero-order valence-corrected chi connectivity index (χ0v) is 15.8. The minimum Gasteiger partial charge on any atom is -0.497 e. The number of rotatable bonds is 9. The summed E-state index contributed by atoms with van der Waals surface area (Å²) in [5.74, 6) is 0.00553. The molecule has 0 fully saturated rings. The van der Waals surface area contributed by atoms with Crippen molar-refractivity contribution in [2.75, 3.05) is 30.9 Å². The lowest BCUT2D eigenvalue weighted by Gasteiger charge is -2.21. The van der Waals surface area contributed by atoms with Crippen molar-refractivity contribution < 1.29 is 19.1 Å². The molecule has 140 valence electrons. The fraction of sp³-hybridized carbons (Fsp3) is 0.250. The number of carbonyl (C=O) groups excluding carboxylic acids is 2. The van der Waals surface area contributed by atoms with E-state index in [1.165, 1.54) is 16.7 Å². The Labute approximate surface area is 162 Å². The molecule has 1 amide bonds. The second-order valence-electron chi connectivity index (χ2n) is 5.41. The standard InChI is InChI=1S/C20H20N2O4S/c1-25-17-8-10-18(11-9-17)27-15-20(24)26-14-19(23)22(13-5-12-21)16-6-3-2-4-7-16/h2-4,6-11H,5,13-15H2,1H3. The molecule has 0 aliphatic rings. The number of anilines is 1. The fourth-order valence-corrected chi connectivity index (χ4v) is 2.94. The number of ether oxygens (including phenoxy) is 2. The van der Waals surface area contributed by atoms with E-state index in [0.29, 0.717) is 5.69 Å². The summed E-state index contributed by atoms with van der Waals surface area (Å²) in [6, 6.07) is 18.3. The lowest BCUT2D eigenvalue weighted by molar-refractivity contribution is -0.145.